The van der Waals surface area contributed by atoms with Gasteiger partial charge < -0.3 is 10.6 Å². The van der Waals surface area contributed by atoms with E-state index < -0.39 is 0 Å². The molecular weight excluding hydrogens is 248 g/mol. The molecule has 1 saturated carbocycles. The van der Waals surface area contributed by atoms with Crippen LogP contribution in [0.25, 0.3) is 0 Å². The summed E-state index contributed by atoms with van der Waals surface area (Å²) in [4.78, 5) is 14.7. The van der Waals surface area contributed by atoms with Crippen LogP contribution in [0.15, 0.2) is 42.5 Å². The molecule has 1 aromatic carbocycles. The van der Waals surface area contributed by atoms with Gasteiger partial charge in [-0.2, -0.15) is 0 Å². The lowest BCUT2D eigenvalue weighted by Gasteiger charge is -2.35. The van der Waals surface area contributed by atoms with Crippen LogP contribution in [0.4, 0.5) is 0 Å². The molecule has 3 rings (SSSR count). The second-order valence-corrected chi connectivity index (χ2v) is 5.81. The van der Waals surface area contributed by atoms with Crippen molar-refractivity contribution in [1.29, 1.82) is 0 Å². The van der Waals surface area contributed by atoms with Crippen LogP contribution in [0.1, 0.15) is 43.7 Å². The Morgan fingerprint density at radius 1 is 1.10 bits per heavy atom. The van der Waals surface area contributed by atoms with Crippen LogP contribution < -0.4 is 5.73 Å². The van der Waals surface area contributed by atoms with E-state index in [2.05, 4.69) is 29.2 Å². The largest absolute Gasteiger partial charge is 0.328 e. The molecule has 3 heteroatoms. The lowest BCUT2D eigenvalue weighted by Crippen LogP contribution is -2.48. The summed E-state index contributed by atoms with van der Waals surface area (Å²) in [6.07, 6.45) is 9.51. The molecule has 3 nitrogen and oxygen atoms in total. The quantitative estimate of drug-likeness (QED) is 0.840. The smallest absolute Gasteiger partial charge is 0.240 e. The fourth-order valence-corrected chi connectivity index (χ4v) is 3.39. The van der Waals surface area contributed by atoms with Crippen LogP contribution in [0, 0.1) is 0 Å². The Balaban J connectivity index is 1.97. The minimum atomic E-state index is -0.388. The summed E-state index contributed by atoms with van der Waals surface area (Å²) in [6.45, 7) is 0. The number of nitrogens with zero attached hydrogens (tertiary/aromatic N) is 1. The highest BCUT2D eigenvalue weighted by Gasteiger charge is 2.35. The first-order valence-electron chi connectivity index (χ1n) is 7.57. The number of rotatable bonds is 2. The van der Waals surface area contributed by atoms with Gasteiger partial charge in [0.15, 0.2) is 0 Å². The highest BCUT2D eigenvalue weighted by Crippen LogP contribution is 2.34. The van der Waals surface area contributed by atoms with Gasteiger partial charge >= 0.3 is 0 Å². The molecule has 1 amide bonds. The lowest BCUT2D eigenvalue weighted by molar-refractivity contribution is -0.136. The maximum absolute atomic E-state index is 12.7. The van der Waals surface area contributed by atoms with Crippen LogP contribution in [-0.2, 0) is 4.79 Å². The third kappa shape index (κ3) is 2.50. The van der Waals surface area contributed by atoms with E-state index in [-0.39, 0.29) is 18.0 Å². The Morgan fingerprint density at radius 2 is 1.80 bits per heavy atom. The average molecular weight is 270 g/mol. The summed E-state index contributed by atoms with van der Waals surface area (Å²) in [5.41, 5.74) is 7.21. The summed E-state index contributed by atoms with van der Waals surface area (Å²) >= 11 is 0. The Labute approximate surface area is 120 Å². The van der Waals surface area contributed by atoms with Gasteiger partial charge in [-0.25, -0.2) is 0 Å². The molecule has 1 aliphatic heterocycles. The molecule has 0 saturated heterocycles. The Morgan fingerprint density at radius 3 is 2.50 bits per heavy atom. The first-order valence-corrected chi connectivity index (χ1v) is 7.57. The van der Waals surface area contributed by atoms with E-state index in [1.54, 1.807) is 0 Å². The molecule has 2 unspecified atom stereocenters. The number of carbonyl (C=O) groups excluding carboxylic acids is 1. The Bertz CT molecular complexity index is 491. The van der Waals surface area contributed by atoms with Gasteiger partial charge in [0.2, 0.25) is 5.91 Å². The molecule has 2 atom stereocenters. The van der Waals surface area contributed by atoms with Crippen molar-refractivity contribution in [2.75, 3.05) is 0 Å². The van der Waals surface area contributed by atoms with Crippen LogP contribution in [0.2, 0.25) is 0 Å². The minimum absolute atomic E-state index is 0.0420. The molecule has 0 aromatic heterocycles. The number of benzene rings is 1. The van der Waals surface area contributed by atoms with Crippen LogP contribution in [0.5, 0.6) is 0 Å². The third-order valence-corrected chi connectivity index (χ3v) is 4.44. The van der Waals surface area contributed by atoms with Gasteiger partial charge in [-0.05, 0) is 24.8 Å². The molecule has 1 heterocycles. The fraction of sp³-hybridized carbons (Fsp3) is 0.471. The van der Waals surface area contributed by atoms with Crippen molar-refractivity contribution >= 4 is 5.91 Å². The zero-order valence-corrected chi connectivity index (χ0v) is 11.7. The van der Waals surface area contributed by atoms with Gasteiger partial charge in [0.1, 0.15) is 0 Å². The van der Waals surface area contributed by atoms with Gasteiger partial charge in [0.05, 0.1) is 12.1 Å². The van der Waals surface area contributed by atoms with E-state index in [9.17, 15) is 4.79 Å². The van der Waals surface area contributed by atoms with Crippen molar-refractivity contribution in [3.8, 4) is 0 Å². The average Bonchev–Trinajstić information content (AvgIpc) is 2.96. The highest BCUT2D eigenvalue weighted by molar-refractivity contribution is 5.83. The number of hydrogen-bond acceptors (Lipinski definition) is 2. The summed E-state index contributed by atoms with van der Waals surface area (Å²) in [6, 6.07) is 10.3. The van der Waals surface area contributed by atoms with Crippen LogP contribution in [-0.4, -0.2) is 22.9 Å². The predicted octanol–water partition coefficient (Wildman–Crippen LogP) is 2.79. The molecule has 2 aliphatic rings. The minimum Gasteiger partial charge on any atom is -0.328 e. The van der Waals surface area contributed by atoms with Gasteiger partial charge in [-0.3, -0.25) is 4.79 Å². The first-order chi connectivity index (χ1) is 9.77. The lowest BCUT2D eigenvalue weighted by atomic mass is 10.0. The van der Waals surface area contributed by atoms with Crippen molar-refractivity contribution in [1.82, 2.24) is 4.90 Å². The molecule has 20 heavy (non-hydrogen) atoms. The van der Waals surface area contributed by atoms with Gasteiger partial charge in [0, 0.05) is 6.04 Å². The number of carbonyl (C=O) groups is 1. The summed E-state index contributed by atoms with van der Waals surface area (Å²) < 4.78 is 0. The van der Waals surface area contributed by atoms with Crippen molar-refractivity contribution in [3.63, 3.8) is 0 Å². The van der Waals surface area contributed by atoms with E-state index in [0.29, 0.717) is 12.5 Å². The number of hydrogen-bond donors (Lipinski definition) is 1. The molecule has 106 valence electrons. The Kier molecular flexibility index (Phi) is 3.88. The SMILES string of the molecule is NC1CC=CC(c2ccccc2)N(C2CCCC2)C1=O. The van der Waals surface area contributed by atoms with E-state index in [4.69, 9.17) is 5.73 Å². The normalized spacial score (nSPS) is 27.9. The monoisotopic (exact) mass is 270 g/mol. The molecule has 1 aromatic rings. The van der Waals surface area contributed by atoms with E-state index in [1.165, 1.54) is 18.4 Å². The maximum Gasteiger partial charge on any atom is 0.240 e. The number of amides is 1. The molecular formula is C17H22N2O. The predicted molar refractivity (Wildman–Crippen MR) is 80.0 cm³/mol. The maximum atomic E-state index is 12.7. The fourth-order valence-electron chi connectivity index (χ4n) is 3.39. The van der Waals surface area contributed by atoms with Crippen molar-refractivity contribution in [3.05, 3.63) is 48.0 Å². The van der Waals surface area contributed by atoms with E-state index in [1.807, 2.05) is 18.2 Å². The zero-order chi connectivity index (χ0) is 13.9. The second kappa shape index (κ2) is 5.80. The Hall–Kier alpha value is -1.61. The van der Waals surface area contributed by atoms with E-state index in [0.717, 1.165) is 12.8 Å². The van der Waals surface area contributed by atoms with Crippen molar-refractivity contribution in [2.24, 2.45) is 5.73 Å². The molecule has 0 spiro atoms. The summed E-state index contributed by atoms with van der Waals surface area (Å²) in [7, 11) is 0. The van der Waals surface area contributed by atoms with E-state index >= 15 is 0 Å². The third-order valence-electron chi connectivity index (χ3n) is 4.44. The molecule has 1 fully saturated rings. The topological polar surface area (TPSA) is 46.3 Å². The molecule has 0 bridgehead atoms. The van der Waals surface area contributed by atoms with Crippen molar-refractivity contribution < 1.29 is 4.79 Å². The van der Waals surface area contributed by atoms with Gasteiger partial charge in [-0.1, -0.05) is 55.3 Å². The van der Waals surface area contributed by atoms with Gasteiger partial charge in [-0.15, -0.1) is 0 Å². The summed E-state index contributed by atoms with van der Waals surface area (Å²) in [5, 5.41) is 0. The zero-order valence-electron chi connectivity index (χ0n) is 11.7. The van der Waals surface area contributed by atoms with Crippen molar-refractivity contribution in [2.45, 2.75) is 50.2 Å². The second-order valence-electron chi connectivity index (χ2n) is 5.81. The summed E-state index contributed by atoms with van der Waals surface area (Å²) in [5.74, 6) is 0.107. The molecule has 0 radical (unpaired) electrons. The first kappa shape index (κ1) is 13.4. The standard InChI is InChI=1S/C17H22N2O/c18-15-11-6-12-16(13-7-2-1-3-8-13)19(17(15)20)14-9-4-5-10-14/h1-3,6-8,12,14-16H,4-5,9-11,18H2. The van der Waals surface area contributed by atoms with Crippen LogP contribution in [0.3, 0.4) is 0 Å². The molecule has 2 N–H and O–H groups in total. The highest BCUT2D eigenvalue weighted by atomic mass is 16.2. The number of nitrogens with two attached hydrogens (primary N) is 1. The van der Waals surface area contributed by atoms with Crippen LogP contribution >= 0.6 is 0 Å². The molecule has 1 aliphatic carbocycles. The van der Waals surface area contributed by atoms with Gasteiger partial charge in [0.25, 0.3) is 0 Å².